The molecule has 2 aliphatic rings. The molecule has 2 aliphatic heterocycles. The van der Waals surface area contributed by atoms with Crippen LogP contribution < -0.4 is 32.3 Å². The predicted molar refractivity (Wildman–Crippen MR) is 312 cm³/mol. The Morgan fingerprint density at radius 3 is 1.94 bits per heavy atom. The molecule has 23 nitrogen and oxygen atoms in total. The number of aromatic amines is 1. The van der Waals surface area contributed by atoms with E-state index in [1.54, 1.807) is 53.0 Å². The first-order valence-corrected chi connectivity index (χ1v) is 28.8. The maximum absolute atomic E-state index is 14.9. The standard InChI is InChI=1S/C59H94N12O11/c1-33(2)28-43-50-59(82-50)70(12)46(32-72)54(77)64-42(24-19-26-60)57(80)69(11)45(30-39-31-62-41-23-18-17-22-40(39)41)53(76)66-48(34(3)4)58(81)67(9)37(8)51(74)61-27-25-47(73)71(13)49(35(5)6)55(78)63-36(7)56(79)68(10)44(52(75)65-43)29-38-20-15-14-16-21-38/h14-18,20-23,31,33-37,42-50,56,59,62,72-73,79H,19,24-30,32,60H2,1-13H3,(H,61,74)(H,63,78)(H,64,77)(H,65,75)(H,66,76). The molecule has 82 heavy (non-hydrogen) atoms. The summed E-state index contributed by atoms with van der Waals surface area (Å²) in [5.74, 6) is -4.82. The van der Waals surface area contributed by atoms with Crippen molar-refractivity contribution >= 4 is 52.3 Å². The van der Waals surface area contributed by atoms with Gasteiger partial charge in [0.2, 0.25) is 41.4 Å². The third kappa shape index (κ3) is 17.0. The Morgan fingerprint density at radius 1 is 0.683 bits per heavy atom. The van der Waals surface area contributed by atoms with Gasteiger partial charge < -0.3 is 67.2 Å². The van der Waals surface area contributed by atoms with Crippen LogP contribution in [0.5, 0.6) is 0 Å². The van der Waals surface area contributed by atoms with Crippen LogP contribution in [-0.2, 0) is 51.1 Å². The number of rotatable bonds is 12. The van der Waals surface area contributed by atoms with Gasteiger partial charge in [-0.3, -0.25) is 48.3 Å². The molecule has 0 bridgehead atoms. The zero-order valence-electron chi connectivity index (χ0n) is 50.3. The molecule has 2 saturated heterocycles. The van der Waals surface area contributed by atoms with Gasteiger partial charge in [0.25, 0.3) is 0 Å². The quantitative estimate of drug-likeness (QED) is 0.110. The number of fused-ring (bicyclic) bond motifs is 2. The Hall–Kier alpha value is -6.05. The third-order valence-electron chi connectivity index (χ3n) is 16.2. The molecule has 13 unspecified atom stereocenters. The molecule has 23 heteroatoms. The molecular formula is C59H94N12O11. The number of aromatic nitrogens is 1. The van der Waals surface area contributed by atoms with E-state index in [0.717, 1.165) is 16.5 Å². The van der Waals surface area contributed by atoms with E-state index in [2.05, 4.69) is 31.6 Å². The van der Waals surface area contributed by atoms with E-state index >= 15 is 0 Å². The van der Waals surface area contributed by atoms with Crippen LogP contribution in [-0.4, -0.2) is 220 Å². The second kappa shape index (κ2) is 30.5. The topological polar surface area (TPSA) is 311 Å². The van der Waals surface area contributed by atoms with E-state index in [-0.39, 0.29) is 50.6 Å². The molecule has 2 aromatic carbocycles. The molecule has 0 aliphatic carbocycles. The number of para-hydroxylation sites is 1. The SMILES string of the molecule is CC(C)CC1NC(=O)C(Cc2ccccc2)N(C)C(O)C(C)NC(=O)C(C(C)C)N(C)C(O)CCNC(=O)C(C)N(C)C(=O)C(C(C)C)NC(=O)C(Cc2c[nH]c3ccccc23)N(C)C(=O)C(CCCN)NC(=O)C(CO)N(C)C2OC12. The van der Waals surface area contributed by atoms with Gasteiger partial charge in [0, 0.05) is 50.6 Å². The van der Waals surface area contributed by atoms with Gasteiger partial charge >= 0.3 is 0 Å². The molecule has 1 aromatic heterocycles. The molecule has 0 spiro atoms. The molecule has 456 valence electrons. The van der Waals surface area contributed by atoms with Crippen LogP contribution in [0.3, 0.4) is 0 Å². The van der Waals surface area contributed by atoms with Gasteiger partial charge in [-0.2, -0.15) is 0 Å². The lowest BCUT2D eigenvalue weighted by molar-refractivity contribution is -0.145. The average molecular weight is 1150 g/mol. The smallest absolute Gasteiger partial charge is 0.245 e. The van der Waals surface area contributed by atoms with Gasteiger partial charge in [-0.05, 0) is 102 Å². The maximum Gasteiger partial charge on any atom is 0.245 e. The molecule has 3 heterocycles. The second-order valence-electron chi connectivity index (χ2n) is 23.5. The van der Waals surface area contributed by atoms with E-state index < -0.39 is 133 Å². The zero-order chi connectivity index (χ0) is 60.9. The number of benzene rings is 2. The van der Waals surface area contributed by atoms with Crippen molar-refractivity contribution in [1.29, 1.82) is 0 Å². The Bertz CT molecular complexity index is 2600. The van der Waals surface area contributed by atoms with E-state index in [9.17, 15) is 48.9 Å². The number of hydrogen-bond donors (Lipinski definition) is 10. The lowest BCUT2D eigenvalue weighted by atomic mass is 9.98. The first kappa shape index (κ1) is 66.7. The Kier molecular flexibility index (Phi) is 24.8. The Balaban J connectivity index is 1.54. The molecule has 0 saturated carbocycles. The predicted octanol–water partition coefficient (Wildman–Crippen LogP) is 0.458. The number of aliphatic hydroxyl groups is 3. The largest absolute Gasteiger partial charge is 0.394 e. The number of carbonyl (C=O) groups excluding carboxylic acids is 7. The molecule has 13 atom stereocenters. The summed E-state index contributed by atoms with van der Waals surface area (Å²) in [5.41, 5.74) is 8.29. The van der Waals surface area contributed by atoms with E-state index in [1.165, 1.54) is 40.6 Å². The molecule has 7 amide bonds. The fourth-order valence-corrected chi connectivity index (χ4v) is 10.9. The molecule has 5 rings (SSSR count). The van der Waals surface area contributed by atoms with E-state index in [1.807, 2.05) is 82.3 Å². The highest BCUT2D eigenvalue weighted by atomic mass is 16.6. The van der Waals surface area contributed by atoms with Crippen LogP contribution >= 0.6 is 0 Å². The highest BCUT2D eigenvalue weighted by Crippen LogP contribution is 2.33. The summed E-state index contributed by atoms with van der Waals surface area (Å²) in [6.07, 6.45) is -1.28. The number of aliphatic hydroxyl groups excluding tert-OH is 3. The summed E-state index contributed by atoms with van der Waals surface area (Å²) in [5, 5.41) is 49.8. The van der Waals surface area contributed by atoms with E-state index in [4.69, 9.17) is 10.5 Å². The fraction of sp³-hybridized carbons (Fsp3) is 0.644. The Labute approximate surface area is 483 Å². The number of nitrogens with zero attached hydrogens (tertiary/aromatic N) is 5. The molecule has 11 N–H and O–H groups in total. The first-order valence-electron chi connectivity index (χ1n) is 28.8. The molecular weight excluding hydrogens is 1050 g/mol. The maximum atomic E-state index is 14.9. The summed E-state index contributed by atoms with van der Waals surface area (Å²) < 4.78 is 6.25. The fourth-order valence-electron chi connectivity index (χ4n) is 10.9. The van der Waals surface area contributed by atoms with Gasteiger partial charge in [-0.1, -0.05) is 90.1 Å². The van der Waals surface area contributed by atoms with Crippen LogP contribution in [0.2, 0.25) is 0 Å². The van der Waals surface area contributed by atoms with Crippen molar-refractivity contribution in [1.82, 2.24) is 56.1 Å². The minimum atomic E-state index is -1.39. The van der Waals surface area contributed by atoms with Crippen LogP contribution in [0.25, 0.3) is 10.9 Å². The number of nitrogens with one attached hydrogen (secondary N) is 6. The number of epoxide rings is 1. The Morgan fingerprint density at radius 2 is 1.32 bits per heavy atom. The van der Waals surface area contributed by atoms with Crippen molar-refractivity contribution in [2.45, 2.75) is 173 Å². The monoisotopic (exact) mass is 1150 g/mol. The lowest BCUT2D eigenvalue weighted by Crippen LogP contribution is -2.61. The van der Waals surface area contributed by atoms with Crippen molar-refractivity contribution < 1.29 is 53.6 Å². The summed E-state index contributed by atoms with van der Waals surface area (Å²) in [6.45, 7) is 13.7. The zero-order valence-corrected chi connectivity index (χ0v) is 50.3. The first-order chi connectivity index (χ1) is 38.7. The number of likely N-dealkylation sites (N-methyl/N-ethyl adjacent to an activating group) is 5. The van der Waals surface area contributed by atoms with Gasteiger partial charge in [-0.25, -0.2) is 0 Å². The van der Waals surface area contributed by atoms with Crippen molar-refractivity contribution in [2.24, 2.45) is 23.5 Å². The highest BCUT2D eigenvalue weighted by molar-refractivity contribution is 5.96. The van der Waals surface area contributed by atoms with Crippen molar-refractivity contribution in [3.8, 4) is 0 Å². The van der Waals surface area contributed by atoms with Crippen molar-refractivity contribution in [3.63, 3.8) is 0 Å². The van der Waals surface area contributed by atoms with Crippen molar-refractivity contribution in [3.05, 3.63) is 71.9 Å². The minimum Gasteiger partial charge on any atom is -0.394 e. The van der Waals surface area contributed by atoms with Crippen LogP contribution in [0.15, 0.2) is 60.8 Å². The summed E-state index contributed by atoms with van der Waals surface area (Å²) >= 11 is 0. The van der Waals surface area contributed by atoms with Gasteiger partial charge in [0.1, 0.15) is 55.0 Å². The van der Waals surface area contributed by atoms with Crippen LogP contribution in [0, 0.1) is 17.8 Å². The third-order valence-corrected chi connectivity index (χ3v) is 16.2. The number of hydrogen-bond acceptors (Lipinski definition) is 15. The number of nitrogens with two attached hydrogens (primary N) is 1. The highest BCUT2D eigenvalue weighted by Gasteiger charge is 2.51. The van der Waals surface area contributed by atoms with Crippen molar-refractivity contribution in [2.75, 3.05) is 54.9 Å². The van der Waals surface area contributed by atoms with Gasteiger partial charge in [-0.15, -0.1) is 0 Å². The molecule has 2 fully saturated rings. The van der Waals surface area contributed by atoms with Gasteiger partial charge in [0.05, 0.1) is 30.8 Å². The summed E-state index contributed by atoms with van der Waals surface area (Å²) in [7, 11) is 7.69. The van der Waals surface area contributed by atoms with Crippen LogP contribution in [0.4, 0.5) is 0 Å². The summed E-state index contributed by atoms with van der Waals surface area (Å²) in [6, 6.07) is 7.44. The van der Waals surface area contributed by atoms with Gasteiger partial charge in [0.15, 0.2) is 0 Å². The van der Waals surface area contributed by atoms with Crippen LogP contribution in [0.1, 0.15) is 92.2 Å². The minimum absolute atomic E-state index is 0.00540. The number of amides is 7. The second-order valence-corrected chi connectivity index (χ2v) is 23.5. The number of ether oxygens (including phenoxy) is 1. The number of carbonyl (C=O) groups is 7. The summed E-state index contributed by atoms with van der Waals surface area (Å²) in [4.78, 5) is 112. The van der Waals surface area contributed by atoms with E-state index in [0.29, 0.717) is 18.4 Å². The lowest BCUT2D eigenvalue weighted by Gasteiger charge is -2.38. The average Bonchev–Trinajstić information content (AvgIpc) is 4.11. The number of H-pyrrole nitrogens is 1. The molecule has 3 aromatic rings. The normalized spacial score (nSPS) is 29.7. The molecule has 0 radical (unpaired) electrons.